The largest absolute Gasteiger partial charge is 0.342 e. The Morgan fingerprint density at radius 2 is 1.82 bits per heavy atom. The predicted molar refractivity (Wildman–Crippen MR) is 129 cm³/mol. The van der Waals surface area contributed by atoms with Gasteiger partial charge in [0.05, 0.1) is 11.6 Å². The zero-order valence-electron chi connectivity index (χ0n) is 19.9. The lowest BCUT2D eigenvalue weighted by Crippen LogP contribution is -2.48. The Morgan fingerprint density at radius 3 is 2.48 bits per heavy atom. The minimum Gasteiger partial charge on any atom is -0.342 e. The average Bonchev–Trinajstić information content (AvgIpc) is 2.81. The summed E-state index contributed by atoms with van der Waals surface area (Å²) in [6.45, 7) is 5.28. The second-order valence-electron chi connectivity index (χ2n) is 10.2. The summed E-state index contributed by atoms with van der Waals surface area (Å²) in [6, 6.07) is 7.34. The molecular formula is C28H36N2O3. The van der Waals surface area contributed by atoms with Crippen LogP contribution in [0.5, 0.6) is 0 Å². The Morgan fingerprint density at radius 1 is 1.06 bits per heavy atom. The van der Waals surface area contributed by atoms with Gasteiger partial charge in [-0.3, -0.25) is 14.4 Å². The molecular weight excluding hydrogens is 412 g/mol. The molecule has 0 spiro atoms. The van der Waals surface area contributed by atoms with E-state index in [9.17, 15) is 14.4 Å². The number of nitrogens with zero attached hydrogens (tertiary/aromatic N) is 1. The summed E-state index contributed by atoms with van der Waals surface area (Å²) in [5, 5.41) is 3.10. The molecule has 2 aliphatic carbocycles. The van der Waals surface area contributed by atoms with Gasteiger partial charge in [-0.05, 0) is 55.4 Å². The van der Waals surface area contributed by atoms with Crippen LogP contribution >= 0.6 is 0 Å². The highest BCUT2D eigenvalue weighted by Gasteiger charge is 2.33. The van der Waals surface area contributed by atoms with Gasteiger partial charge >= 0.3 is 0 Å². The molecule has 2 fully saturated rings. The number of carbonyl (C=O) groups excluding carboxylic acids is 3. The molecule has 1 saturated heterocycles. The lowest BCUT2D eigenvalue weighted by atomic mass is 9.80. The van der Waals surface area contributed by atoms with E-state index in [-0.39, 0.29) is 35.4 Å². The van der Waals surface area contributed by atoms with Gasteiger partial charge in [-0.15, -0.1) is 5.73 Å². The van der Waals surface area contributed by atoms with Crippen molar-refractivity contribution in [1.29, 1.82) is 0 Å². The van der Waals surface area contributed by atoms with E-state index in [0.29, 0.717) is 18.5 Å². The molecule has 0 radical (unpaired) electrons. The molecule has 1 heterocycles. The Kier molecular flexibility index (Phi) is 7.49. The van der Waals surface area contributed by atoms with Crippen molar-refractivity contribution >= 4 is 17.6 Å². The highest BCUT2D eigenvalue weighted by Crippen LogP contribution is 2.30. The van der Waals surface area contributed by atoms with Crippen LogP contribution < -0.4 is 5.32 Å². The number of carbonyl (C=O) groups is 3. The van der Waals surface area contributed by atoms with Crippen LogP contribution in [0.1, 0.15) is 87.1 Å². The smallest absolute Gasteiger partial charge is 0.257 e. The van der Waals surface area contributed by atoms with Gasteiger partial charge < -0.3 is 10.2 Å². The van der Waals surface area contributed by atoms with Gasteiger partial charge in [-0.25, -0.2) is 0 Å². The van der Waals surface area contributed by atoms with Crippen molar-refractivity contribution in [1.82, 2.24) is 10.2 Å². The predicted octanol–water partition coefficient (Wildman–Crippen LogP) is 4.78. The molecule has 3 aliphatic rings. The minimum absolute atomic E-state index is 0.0959. The number of benzene rings is 1. The van der Waals surface area contributed by atoms with Crippen LogP contribution in [0.25, 0.3) is 0 Å². The van der Waals surface area contributed by atoms with Gasteiger partial charge in [0.1, 0.15) is 0 Å². The fourth-order valence-corrected chi connectivity index (χ4v) is 5.38. The lowest BCUT2D eigenvalue weighted by Gasteiger charge is -2.34. The number of ketones is 1. The lowest BCUT2D eigenvalue weighted by molar-refractivity contribution is -0.128. The van der Waals surface area contributed by atoms with E-state index in [1.165, 1.54) is 6.42 Å². The maximum atomic E-state index is 13.2. The van der Waals surface area contributed by atoms with Crippen molar-refractivity contribution in [2.75, 3.05) is 13.1 Å². The van der Waals surface area contributed by atoms with Crippen LogP contribution in [0.4, 0.5) is 0 Å². The molecule has 1 unspecified atom stereocenters. The summed E-state index contributed by atoms with van der Waals surface area (Å²) in [7, 11) is 0. The van der Waals surface area contributed by atoms with E-state index < -0.39 is 6.04 Å². The van der Waals surface area contributed by atoms with E-state index >= 15 is 0 Å². The number of hydrogen-bond donors (Lipinski definition) is 1. The second kappa shape index (κ2) is 10.5. The topological polar surface area (TPSA) is 66.5 Å². The van der Waals surface area contributed by atoms with Gasteiger partial charge in [0.2, 0.25) is 0 Å². The van der Waals surface area contributed by atoms with Crippen molar-refractivity contribution in [3.8, 4) is 0 Å². The summed E-state index contributed by atoms with van der Waals surface area (Å²) < 4.78 is 0. The maximum Gasteiger partial charge on any atom is 0.257 e. The van der Waals surface area contributed by atoms with Gasteiger partial charge in [-0.1, -0.05) is 45.2 Å². The molecule has 4 rings (SSSR count). The highest BCUT2D eigenvalue weighted by atomic mass is 16.2. The first-order valence-corrected chi connectivity index (χ1v) is 12.6. The van der Waals surface area contributed by atoms with Crippen LogP contribution in [0.3, 0.4) is 0 Å². The fourth-order valence-electron chi connectivity index (χ4n) is 5.38. The van der Waals surface area contributed by atoms with Crippen molar-refractivity contribution < 1.29 is 14.4 Å². The number of nitrogens with one attached hydrogen (secondary N) is 1. The molecule has 1 aromatic carbocycles. The summed E-state index contributed by atoms with van der Waals surface area (Å²) in [4.78, 5) is 40.7. The number of Topliss-reactive ketones (excluding diaryl/α,β-unsaturated/α-hetero) is 1. The number of piperidine rings is 1. The van der Waals surface area contributed by atoms with Gasteiger partial charge in [0.15, 0.2) is 5.78 Å². The summed E-state index contributed by atoms with van der Waals surface area (Å²) in [6.07, 6.45) is 10.0. The Balaban J connectivity index is 1.46. The molecule has 176 valence electrons. The molecule has 1 aromatic rings. The molecule has 1 aliphatic heterocycles. The SMILES string of the molecule is CC(C)C(=O)[C@H](NC(=O)c1cccc(C2CCCN(C(=O)C3=C=CC3)C2)c1)C1CCCCC1. The Labute approximate surface area is 197 Å². The average molecular weight is 449 g/mol. The molecule has 2 amide bonds. The van der Waals surface area contributed by atoms with E-state index in [4.69, 9.17) is 0 Å². The van der Waals surface area contributed by atoms with Gasteiger partial charge in [0, 0.05) is 36.9 Å². The van der Waals surface area contributed by atoms with E-state index in [2.05, 4.69) is 17.1 Å². The molecule has 1 saturated carbocycles. The Hall–Kier alpha value is -2.65. The van der Waals surface area contributed by atoms with Gasteiger partial charge in [0.25, 0.3) is 11.8 Å². The summed E-state index contributed by atoms with van der Waals surface area (Å²) in [5.74, 6) is 0.399. The normalized spacial score (nSPS) is 21.8. The standard InChI is InChI=1S/C28H36N2O3/c1-19(2)26(31)25(20-9-4-3-5-10-20)29-27(32)23-14-7-13-22(17-23)24-15-8-16-30(18-24)28(33)21-11-6-12-21/h6-7,13-14,17,19-20,24-25H,3-5,8-11,15-16,18H2,1-2H3,(H,29,32)/t24?,25-/m1/s1. The first-order valence-electron chi connectivity index (χ1n) is 12.6. The van der Waals surface area contributed by atoms with Crippen molar-refractivity contribution in [2.45, 2.75) is 77.2 Å². The van der Waals surface area contributed by atoms with Crippen LogP contribution in [-0.4, -0.2) is 41.6 Å². The van der Waals surface area contributed by atoms with E-state index in [1.807, 2.05) is 43.0 Å². The first kappa shape index (κ1) is 23.5. The highest BCUT2D eigenvalue weighted by molar-refractivity contribution is 5.98. The van der Waals surface area contributed by atoms with Crippen LogP contribution in [0, 0.1) is 11.8 Å². The third-order valence-electron chi connectivity index (χ3n) is 7.45. The first-order chi connectivity index (χ1) is 15.9. The van der Waals surface area contributed by atoms with Crippen molar-refractivity contribution in [2.24, 2.45) is 11.8 Å². The number of likely N-dealkylation sites (tertiary alicyclic amines) is 1. The Bertz CT molecular complexity index is 967. The zero-order valence-corrected chi connectivity index (χ0v) is 19.9. The quantitative estimate of drug-likeness (QED) is 0.611. The van der Waals surface area contributed by atoms with Crippen LogP contribution in [0.15, 0.2) is 41.6 Å². The number of amides is 2. The van der Waals surface area contributed by atoms with Crippen molar-refractivity contribution in [3.63, 3.8) is 0 Å². The van der Waals surface area contributed by atoms with Crippen LogP contribution in [-0.2, 0) is 9.59 Å². The molecule has 0 bridgehead atoms. The van der Waals surface area contributed by atoms with E-state index in [0.717, 1.165) is 56.2 Å². The zero-order chi connectivity index (χ0) is 23.4. The van der Waals surface area contributed by atoms with E-state index in [1.54, 1.807) is 0 Å². The number of hydrogen-bond acceptors (Lipinski definition) is 3. The van der Waals surface area contributed by atoms with Crippen molar-refractivity contribution in [3.05, 3.63) is 52.8 Å². The second-order valence-corrected chi connectivity index (χ2v) is 10.2. The molecule has 5 nitrogen and oxygen atoms in total. The summed E-state index contributed by atoms with van der Waals surface area (Å²) in [5.41, 5.74) is 5.46. The monoisotopic (exact) mass is 448 g/mol. The molecule has 0 aromatic heterocycles. The van der Waals surface area contributed by atoms with Crippen LogP contribution in [0.2, 0.25) is 0 Å². The number of rotatable bonds is 7. The third-order valence-corrected chi connectivity index (χ3v) is 7.45. The molecule has 33 heavy (non-hydrogen) atoms. The molecule has 1 N–H and O–H groups in total. The summed E-state index contributed by atoms with van der Waals surface area (Å²) >= 11 is 0. The molecule has 2 atom stereocenters. The molecule has 5 heteroatoms. The van der Waals surface area contributed by atoms with Gasteiger partial charge in [-0.2, -0.15) is 0 Å². The third kappa shape index (κ3) is 5.47. The fraction of sp³-hybridized carbons (Fsp3) is 0.571. The minimum atomic E-state index is -0.409. The maximum absolute atomic E-state index is 13.2.